The average Bonchev–Trinajstić information content (AvgIpc) is 3.25. The van der Waals surface area contributed by atoms with Gasteiger partial charge in [-0.05, 0) is 31.5 Å². The van der Waals surface area contributed by atoms with E-state index in [0.717, 1.165) is 28.0 Å². The van der Waals surface area contributed by atoms with Crippen LogP contribution in [0.15, 0.2) is 42.0 Å². The highest BCUT2D eigenvalue weighted by Gasteiger charge is 2.06. The lowest BCUT2D eigenvalue weighted by molar-refractivity contribution is 0.808. The molecule has 0 aliphatic carbocycles. The standard InChI is InChI=1S/C17H21N7S/c1-12-15(25-13(2)23-12)10-22-17(18-3)21-9-14-4-5-20-16(8-14)24-7-6-19-11-24/h4-8,11H,9-10H2,1-3H3,(H2,18,21,22). The summed E-state index contributed by atoms with van der Waals surface area (Å²) in [6.07, 6.45) is 7.15. The monoisotopic (exact) mass is 355 g/mol. The maximum absolute atomic E-state index is 4.45. The molecule has 7 nitrogen and oxygen atoms in total. The predicted octanol–water partition coefficient (Wildman–Crippen LogP) is 2.21. The fraction of sp³-hybridized carbons (Fsp3) is 0.294. The first kappa shape index (κ1) is 17.1. The minimum atomic E-state index is 0.657. The Balaban J connectivity index is 1.58. The van der Waals surface area contributed by atoms with Crippen LogP contribution in [0.5, 0.6) is 0 Å². The fourth-order valence-corrected chi connectivity index (χ4v) is 3.29. The number of guanidine groups is 1. The predicted molar refractivity (Wildman–Crippen MR) is 100.0 cm³/mol. The number of pyridine rings is 1. The summed E-state index contributed by atoms with van der Waals surface area (Å²) in [5.74, 6) is 1.60. The lowest BCUT2D eigenvalue weighted by Crippen LogP contribution is -2.36. The van der Waals surface area contributed by atoms with Crippen LogP contribution < -0.4 is 10.6 Å². The van der Waals surface area contributed by atoms with E-state index in [1.165, 1.54) is 4.88 Å². The normalized spacial score (nSPS) is 11.6. The van der Waals surface area contributed by atoms with Crippen LogP contribution in [0.2, 0.25) is 0 Å². The van der Waals surface area contributed by atoms with Gasteiger partial charge in [0.15, 0.2) is 5.96 Å². The molecule has 0 atom stereocenters. The van der Waals surface area contributed by atoms with Crippen molar-refractivity contribution >= 4 is 17.3 Å². The first-order valence-electron chi connectivity index (χ1n) is 7.96. The maximum atomic E-state index is 4.45. The third-order valence-corrected chi connectivity index (χ3v) is 4.75. The summed E-state index contributed by atoms with van der Waals surface area (Å²) < 4.78 is 1.88. The molecule has 0 saturated heterocycles. The summed E-state index contributed by atoms with van der Waals surface area (Å²) in [6.45, 7) is 5.43. The summed E-state index contributed by atoms with van der Waals surface area (Å²) in [5, 5.41) is 7.74. The number of nitrogens with one attached hydrogen (secondary N) is 2. The molecule has 3 rings (SSSR count). The Morgan fingerprint density at radius 2 is 2.08 bits per heavy atom. The van der Waals surface area contributed by atoms with Crippen LogP contribution >= 0.6 is 11.3 Å². The van der Waals surface area contributed by atoms with Gasteiger partial charge in [-0.15, -0.1) is 11.3 Å². The molecule has 0 bridgehead atoms. The van der Waals surface area contributed by atoms with Crippen molar-refractivity contribution in [2.45, 2.75) is 26.9 Å². The number of aryl methyl sites for hydroxylation is 2. The van der Waals surface area contributed by atoms with Gasteiger partial charge in [-0.1, -0.05) is 0 Å². The number of hydrogen-bond acceptors (Lipinski definition) is 5. The van der Waals surface area contributed by atoms with E-state index in [9.17, 15) is 0 Å². The number of rotatable bonds is 5. The van der Waals surface area contributed by atoms with Crippen LogP contribution in [0.3, 0.4) is 0 Å². The highest BCUT2D eigenvalue weighted by molar-refractivity contribution is 7.11. The van der Waals surface area contributed by atoms with E-state index in [1.54, 1.807) is 37.1 Å². The van der Waals surface area contributed by atoms with Crippen molar-refractivity contribution in [3.05, 3.63) is 58.2 Å². The van der Waals surface area contributed by atoms with Crippen molar-refractivity contribution in [2.24, 2.45) is 4.99 Å². The molecule has 0 saturated carbocycles. The highest BCUT2D eigenvalue weighted by atomic mass is 32.1. The summed E-state index contributed by atoms with van der Waals surface area (Å²) in [7, 11) is 1.77. The molecular weight excluding hydrogens is 334 g/mol. The summed E-state index contributed by atoms with van der Waals surface area (Å²) in [5.41, 5.74) is 2.19. The molecule has 3 aromatic heterocycles. The van der Waals surface area contributed by atoms with Gasteiger partial charge >= 0.3 is 0 Å². The molecule has 0 unspecified atom stereocenters. The van der Waals surface area contributed by atoms with Gasteiger partial charge in [-0.25, -0.2) is 15.0 Å². The molecule has 0 radical (unpaired) electrons. The van der Waals surface area contributed by atoms with E-state index in [1.807, 2.05) is 36.7 Å². The van der Waals surface area contributed by atoms with Crippen LogP contribution in [0.1, 0.15) is 21.1 Å². The zero-order valence-electron chi connectivity index (χ0n) is 14.5. The molecule has 0 fully saturated rings. The summed E-state index contributed by atoms with van der Waals surface area (Å²) in [6, 6.07) is 4.01. The molecule has 0 aliphatic heterocycles. The minimum Gasteiger partial charge on any atom is -0.352 e. The van der Waals surface area contributed by atoms with Gasteiger partial charge in [0.1, 0.15) is 12.1 Å². The van der Waals surface area contributed by atoms with Gasteiger partial charge in [-0.3, -0.25) is 9.56 Å². The first-order chi connectivity index (χ1) is 12.2. The van der Waals surface area contributed by atoms with Crippen molar-refractivity contribution in [1.29, 1.82) is 0 Å². The largest absolute Gasteiger partial charge is 0.352 e. The van der Waals surface area contributed by atoms with E-state index in [4.69, 9.17) is 0 Å². The zero-order valence-corrected chi connectivity index (χ0v) is 15.3. The van der Waals surface area contributed by atoms with Crippen molar-refractivity contribution in [3.63, 3.8) is 0 Å². The molecule has 3 aromatic rings. The number of hydrogen-bond donors (Lipinski definition) is 2. The van der Waals surface area contributed by atoms with Crippen LogP contribution in [-0.2, 0) is 13.1 Å². The Hall–Kier alpha value is -2.74. The van der Waals surface area contributed by atoms with Crippen molar-refractivity contribution in [1.82, 2.24) is 30.2 Å². The topological polar surface area (TPSA) is 80.0 Å². The lowest BCUT2D eigenvalue weighted by atomic mass is 10.2. The van der Waals surface area contributed by atoms with E-state index in [-0.39, 0.29) is 0 Å². The van der Waals surface area contributed by atoms with Gasteiger partial charge in [0, 0.05) is 37.1 Å². The second kappa shape index (κ2) is 7.89. The number of nitrogens with zero attached hydrogens (tertiary/aromatic N) is 5. The minimum absolute atomic E-state index is 0.657. The van der Waals surface area contributed by atoms with Crippen molar-refractivity contribution in [2.75, 3.05) is 7.05 Å². The number of imidazole rings is 1. The van der Waals surface area contributed by atoms with E-state index in [2.05, 4.69) is 30.6 Å². The second-order valence-corrected chi connectivity index (χ2v) is 6.80. The SMILES string of the molecule is CN=C(NCc1ccnc(-n2ccnc2)c1)NCc1sc(C)nc1C. The smallest absolute Gasteiger partial charge is 0.191 e. The highest BCUT2D eigenvalue weighted by Crippen LogP contribution is 2.16. The van der Waals surface area contributed by atoms with Crippen LogP contribution in [-0.4, -0.2) is 32.5 Å². The molecule has 0 amide bonds. The third-order valence-electron chi connectivity index (χ3n) is 3.68. The maximum Gasteiger partial charge on any atom is 0.191 e. The number of aliphatic imine (C=N–C) groups is 1. The molecule has 0 spiro atoms. The average molecular weight is 355 g/mol. The number of aromatic nitrogens is 4. The van der Waals surface area contributed by atoms with E-state index in [0.29, 0.717) is 13.1 Å². The van der Waals surface area contributed by atoms with Crippen molar-refractivity contribution < 1.29 is 0 Å². The van der Waals surface area contributed by atoms with E-state index < -0.39 is 0 Å². The van der Waals surface area contributed by atoms with Crippen LogP contribution in [0.25, 0.3) is 5.82 Å². The molecule has 8 heteroatoms. The Labute approximate surface area is 150 Å². The van der Waals surface area contributed by atoms with Gasteiger partial charge < -0.3 is 10.6 Å². The fourth-order valence-electron chi connectivity index (χ4n) is 2.41. The molecule has 0 aliphatic rings. The van der Waals surface area contributed by atoms with Gasteiger partial charge in [-0.2, -0.15) is 0 Å². The molecule has 0 aromatic carbocycles. The zero-order chi connectivity index (χ0) is 17.6. The molecular formula is C17H21N7S. The Kier molecular flexibility index (Phi) is 5.39. The quantitative estimate of drug-likeness (QED) is 0.542. The molecule has 25 heavy (non-hydrogen) atoms. The third kappa shape index (κ3) is 4.42. The molecule has 2 N–H and O–H groups in total. The number of thiazole rings is 1. The molecule has 3 heterocycles. The Morgan fingerprint density at radius 1 is 1.24 bits per heavy atom. The molecule has 130 valence electrons. The lowest BCUT2D eigenvalue weighted by Gasteiger charge is -2.12. The van der Waals surface area contributed by atoms with Crippen LogP contribution in [0, 0.1) is 13.8 Å². The van der Waals surface area contributed by atoms with Gasteiger partial charge in [0.2, 0.25) is 0 Å². The van der Waals surface area contributed by atoms with E-state index >= 15 is 0 Å². The summed E-state index contributed by atoms with van der Waals surface area (Å²) >= 11 is 1.71. The van der Waals surface area contributed by atoms with Crippen LogP contribution in [0.4, 0.5) is 0 Å². The van der Waals surface area contributed by atoms with Gasteiger partial charge in [0.25, 0.3) is 0 Å². The first-order valence-corrected chi connectivity index (χ1v) is 8.78. The second-order valence-electron chi connectivity index (χ2n) is 5.51. The Bertz CT molecular complexity index is 852. The Morgan fingerprint density at radius 3 is 2.76 bits per heavy atom. The van der Waals surface area contributed by atoms with Gasteiger partial charge in [0.05, 0.1) is 17.2 Å². The van der Waals surface area contributed by atoms with Crippen molar-refractivity contribution in [3.8, 4) is 5.82 Å². The summed E-state index contributed by atoms with van der Waals surface area (Å²) in [4.78, 5) is 18.4.